The van der Waals surface area contributed by atoms with Gasteiger partial charge in [0, 0.05) is 30.0 Å². The number of amides is 2. The second-order valence-electron chi connectivity index (χ2n) is 6.90. The summed E-state index contributed by atoms with van der Waals surface area (Å²) in [6.07, 6.45) is 2.71. The maximum absolute atomic E-state index is 12.5. The summed E-state index contributed by atoms with van der Waals surface area (Å²) in [5, 5.41) is 0. The lowest BCUT2D eigenvalue weighted by Crippen LogP contribution is -2.41. The van der Waals surface area contributed by atoms with E-state index in [0.717, 1.165) is 23.5 Å². The van der Waals surface area contributed by atoms with Gasteiger partial charge in [-0.25, -0.2) is 8.42 Å². The molecule has 1 saturated heterocycles. The predicted molar refractivity (Wildman–Crippen MR) is 116 cm³/mol. The minimum absolute atomic E-state index is 0.168. The van der Waals surface area contributed by atoms with Gasteiger partial charge in [0.2, 0.25) is 15.9 Å². The number of benzene rings is 2. The molecule has 0 unspecified atom stereocenters. The quantitative estimate of drug-likeness (QED) is 0.369. The van der Waals surface area contributed by atoms with E-state index < -0.39 is 15.9 Å². The van der Waals surface area contributed by atoms with Gasteiger partial charge in [0.05, 0.1) is 4.90 Å². The van der Waals surface area contributed by atoms with Crippen molar-refractivity contribution in [3.8, 4) is 0 Å². The normalized spacial score (nSPS) is 14.4. The molecule has 0 radical (unpaired) electrons. The van der Waals surface area contributed by atoms with Gasteiger partial charge in [-0.2, -0.15) is 4.31 Å². The molecule has 0 saturated carbocycles. The van der Waals surface area contributed by atoms with Gasteiger partial charge in [-0.05, 0) is 61.4 Å². The van der Waals surface area contributed by atoms with E-state index >= 15 is 0 Å². The number of thioether (sulfide) groups is 1. The molecule has 3 rings (SSSR count). The summed E-state index contributed by atoms with van der Waals surface area (Å²) in [5.74, 6) is 0.0376. The summed E-state index contributed by atoms with van der Waals surface area (Å²) in [5.41, 5.74) is 5.03. The zero-order chi connectivity index (χ0) is 21.4. The van der Waals surface area contributed by atoms with Gasteiger partial charge in [-0.3, -0.25) is 20.4 Å². The summed E-state index contributed by atoms with van der Waals surface area (Å²) >= 11 is 1.68. The van der Waals surface area contributed by atoms with Gasteiger partial charge in [-0.15, -0.1) is 11.8 Å². The van der Waals surface area contributed by atoms with Crippen molar-refractivity contribution in [1.29, 1.82) is 0 Å². The van der Waals surface area contributed by atoms with Crippen molar-refractivity contribution >= 4 is 33.6 Å². The van der Waals surface area contributed by atoms with Crippen LogP contribution in [-0.2, 0) is 14.8 Å². The fraction of sp³-hybridized carbons (Fsp3) is 0.333. The topological polar surface area (TPSA) is 95.6 Å². The Labute approximate surface area is 181 Å². The van der Waals surface area contributed by atoms with Gasteiger partial charge in [0.25, 0.3) is 5.91 Å². The molecule has 160 valence electrons. The van der Waals surface area contributed by atoms with Crippen LogP contribution in [0.5, 0.6) is 0 Å². The summed E-state index contributed by atoms with van der Waals surface area (Å²) in [4.78, 5) is 25.4. The molecule has 2 amide bonds. The average Bonchev–Trinajstić information content (AvgIpc) is 3.32. The van der Waals surface area contributed by atoms with Crippen LogP contribution in [0.1, 0.15) is 36.0 Å². The Bertz CT molecular complexity index is 958. The number of hydrogen-bond donors (Lipinski definition) is 2. The molecule has 1 fully saturated rings. The van der Waals surface area contributed by atoms with Crippen molar-refractivity contribution in [3.05, 3.63) is 60.2 Å². The first-order valence-electron chi connectivity index (χ1n) is 9.84. The lowest BCUT2D eigenvalue weighted by atomic mass is 10.2. The van der Waals surface area contributed by atoms with Crippen molar-refractivity contribution in [3.63, 3.8) is 0 Å². The first kappa shape index (κ1) is 22.3. The van der Waals surface area contributed by atoms with Crippen molar-refractivity contribution in [2.24, 2.45) is 0 Å². The lowest BCUT2D eigenvalue weighted by Gasteiger charge is -2.15. The first-order valence-corrected chi connectivity index (χ1v) is 12.3. The summed E-state index contributed by atoms with van der Waals surface area (Å²) in [6, 6.07) is 15.7. The van der Waals surface area contributed by atoms with Gasteiger partial charge >= 0.3 is 0 Å². The molecule has 0 atom stereocenters. The molecule has 2 N–H and O–H groups in total. The van der Waals surface area contributed by atoms with Gasteiger partial charge in [0.15, 0.2) is 0 Å². The number of rotatable bonds is 8. The van der Waals surface area contributed by atoms with Crippen LogP contribution in [0.15, 0.2) is 64.4 Å². The van der Waals surface area contributed by atoms with Crippen LogP contribution in [0.3, 0.4) is 0 Å². The maximum Gasteiger partial charge on any atom is 0.269 e. The van der Waals surface area contributed by atoms with Crippen LogP contribution in [0, 0.1) is 0 Å². The number of nitrogens with zero attached hydrogens (tertiary/aromatic N) is 1. The Kier molecular flexibility index (Phi) is 7.89. The molecule has 7 nitrogen and oxygen atoms in total. The number of carbonyl (C=O) groups excluding carboxylic acids is 2. The van der Waals surface area contributed by atoms with Gasteiger partial charge < -0.3 is 0 Å². The molecule has 1 aliphatic rings. The Morgan fingerprint density at radius 1 is 0.933 bits per heavy atom. The molecule has 0 bridgehead atoms. The molecule has 2 aromatic rings. The largest absolute Gasteiger partial charge is 0.273 e. The van der Waals surface area contributed by atoms with Crippen LogP contribution in [0.2, 0.25) is 0 Å². The van der Waals surface area contributed by atoms with Crippen LogP contribution in [0.4, 0.5) is 0 Å². The van der Waals surface area contributed by atoms with Crippen molar-refractivity contribution in [2.75, 3.05) is 18.8 Å². The minimum Gasteiger partial charge on any atom is -0.273 e. The van der Waals surface area contributed by atoms with E-state index in [9.17, 15) is 18.0 Å². The third-order valence-electron chi connectivity index (χ3n) is 4.69. The molecule has 1 aliphatic heterocycles. The standard InChI is InChI=1S/C21H25N3O4S2/c25-20(9-6-16-29-18-7-2-1-3-8-18)22-23-21(26)17-10-12-19(13-11-17)30(27,28)24-14-4-5-15-24/h1-3,7-8,10-13H,4-6,9,14-16H2,(H,22,25)(H,23,26). The third kappa shape index (κ3) is 6.07. The highest BCUT2D eigenvalue weighted by Gasteiger charge is 2.27. The fourth-order valence-corrected chi connectivity index (χ4v) is 5.45. The molecular weight excluding hydrogens is 422 g/mol. The molecule has 0 spiro atoms. The SMILES string of the molecule is O=C(CCCSc1ccccc1)NNC(=O)c1ccc(S(=O)(=O)N2CCCC2)cc1. The number of carbonyl (C=O) groups is 2. The highest BCUT2D eigenvalue weighted by Crippen LogP contribution is 2.21. The Morgan fingerprint density at radius 3 is 2.27 bits per heavy atom. The number of hydrogen-bond acceptors (Lipinski definition) is 5. The zero-order valence-corrected chi connectivity index (χ0v) is 18.2. The summed E-state index contributed by atoms with van der Waals surface area (Å²) in [7, 11) is -3.51. The smallest absolute Gasteiger partial charge is 0.269 e. The molecule has 0 aliphatic carbocycles. The molecule has 0 aromatic heterocycles. The number of hydrazine groups is 1. The van der Waals surface area contributed by atoms with Crippen molar-refractivity contribution < 1.29 is 18.0 Å². The molecular formula is C21H25N3O4S2. The predicted octanol–water partition coefficient (Wildman–Crippen LogP) is 2.80. The lowest BCUT2D eigenvalue weighted by molar-refractivity contribution is -0.121. The van der Waals surface area contributed by atoms with Crippen LogP contribution >= 0.6 is 11.8 Å². The molecule has 1 heterocycles. The third-order valence-corrected chi connectivity index (χ3v) is 7.71. The highest BCUT2D eigenvalue weighted by molar-refractivity contribution is 7.99. The Hall–Kier alpha value is -2.36. The van der Waals surface area contributed by atoms with Crippen molar-refractivity contribution in [1.82, 2.24) is 15.2 Å². The molecule has 2 aromatic carbocycles. The second kappa shape index (κ2) is 10.6. The second-order valence-corrected chi connectivity index (χ2v) is 10.0. The number of nitrogens with one attached hydrogen (secondary N) is 2. The van der Waals surface area contributed by atoms with Crippen molar-refractivity contribution in [2.45, 2.75) is 35.5 Å². The van der Waals surface area contributed by atoms with E-state index in [2.05, 4.69) is 10.9 Å². The van der Waals surface area contributed by atoms with E-state index in [1.165, 1.54) is 28.6 Å². The van der Waals surface area contributed by atoms with Crippen LogP contribution < -0.4 is 10.9 Å². The Morgan fingerprint density at radius 2 is 1.60 bits per heavy atom. The monoisotopic (exact) mass is 447 g/mol. The van der Waals surface area contributed by atoms with E-state index in [4.69, 9.17) is 0 Å². The van der Waals surface area contributed by atoms with E-state index in [-0.39, 0.29) is 16.4 Å². The minimum atomic E-state index is -3.51. The highest BCUT2D eigenvalue weighted by atomic mass is 32.2. The zero-order valence-electron chi connectivity index (χ0n) is 16.5. The fourth-order valence-electron chi connectivity index (χ4n) is 3.06. The van der Waals surface area contributed by atoms with E-state index in [1.807, 2.05) is 30.3 Å². The Balaban J connectivity index is 1.41. The average molecular weight is 448 g/mol. The maximum atomic E-state index is 12.5. The first-order chi connectivity index (χ1) is 14.5. The number of sulfonamides is 1. The van der Waals surface area contributed by atoms with Gasteiger partial charge in [-0.1, -0.05) is 18.2 Å². The van der Waals surface area contributed by atoms with Crippen LogP contribution in [-0.4, -0.2) is 43.4 Å². The summed E-state index contributed by atoms with van der Waals surface area (Å²) in [6.45, 7) is 1.06. The molecule has 30 heavy (non-hydrogen) atoms. The van der Waals surface area contributed by atoms with E-state index in [0.29, 0.717) is 25.9 Å². The molecule has 9 heteroatoms. The van der Waals surface area contributed by atoms with Crippen LogP contribution in [0.25, 0.3) is 0 Å². The summed E-state index contributed by atoms with van der Waals surface area (Å²) < 4.78 is 26.5. The van der Waals surface area contributed by atoms with Gasteiger partial charge in [0.1, 0.15) is 0 Å². The van der Waals surface area contributed by atoms with E-state index in [1.54, 1.807) is 11.8 Å².